The van der Waals surface area contributed by atoms with E-state index in [2.05, 4.69) is 36.5 Å². The number of carboxylic acids is 1. The van der Waals surface area contributed by atoms with Crippen LogP contribution >= 0.6 is 0 Å². The van der Waals surface area contributed by atoms with Crippen LogP contribution in [-0.4, -0.2) is 17.1 Å². The average molecular weight is 406 g/mol. The molecule has 0 aromatic heterocycles. The second-order valence-electron chi connectivity index (χ2n) is 8.41. The summed E-state index contributed by atoms with van der Waals surface area (Å²) < 4.78 is 14.1. The lowest BCUT2D eigenvalue weighted by atomic mass is 9.95. The highest BCUT2D eigenvalue weighted by atomic mass is 19.1. The number of fused-ring (bicyclic) bond motifs is 1. The van der Waals surface area contributed by atoms with E-state index in [0.29, 0.717) is 23.8 Å². The second kappa shape index (κ2) is 8.97. The van der Waals surface area contributed by atoms with Gasteiger partial charge in [0.2, 0.25) is 0 Å². The topological polar surface area (TPSA) is 49.3 Å². The number of rotatable bonds is 7. The molecule has 3 atom stereocenters. The molecule has 0 bridgehead atoms. The van der Waals surface area contributed by atoms with E-state index in [1.54, 1.807) is 6.07 Å². The Kier molecular flexibility index (Phi) is 6.14. The number of carbonyl (C=O) groups is 1. The van der Waals surface area contributed by atoms with Crippen molar-refractivity contribution >= 4 is 16.7 Å². The van der Waals surface area contributed by atoms with Crippen molar-refractivity contribution in [3.05, 3.63) is 83.2 Å². The minimum Gasteiger partial charge on any atom is -0.481 e. The average Bonchev–Trinajstić information content (AvgIpc) is 3.21. The lowest BCUT2D eigenvalue weighted by Gasteiger charge is -2.22. The quantitative estimate of drug-likeness (QED) is 0.508. The van der Waals surface area contributed by atoms with Crippen molar-refractivity contribution in [2.45, 2.75) is 57.0 Å². The summed E-state index contributed by atoms with van der Waals surface area (Å²) in [5.41, 5.74) is 3.54. The van der Waals surface area contributed by atoms with Crippen LogP contribution in [0.5, 0.6) is 0 Å². The maximum absolute atomic E-state index is 14.1. The summed E-state index contributed by atoms with van der Waals surface area (Å²) in [6, 6.07) is 20.2. The molecule has 0 radical (unpaired) electrons. The van der Waals surface area contributed by atoms with Crippen LogP contribution in [0, 0.1) is 5.82 Å². The summed E-state index contributed by atoms with van der Waals surface area (Å²) in [5.74, 6) is -0.408. The predicted octanol–water partition coefficient (Wildman–Crippen LogP) is 5.98. The lowest BCUT2D eigenvalue weighted by molar-refractivity contribution is -0.136. The van der Waals surface area contributed by atoms with Gasteiger partial charge in [-0.1, -0.05) is 54.6 Å². The molecular weight excluding hydrogens is 377 g/mol. The molecule has 0 spiro atoms. The highest BCUT2D eigenvalue weighted by Gasteiger charge is 2.27. The maximum atomic E-state index is 14.1. The summed E-state index contributed by atoms with van der Waals surface area (Å²) in [7, 11) is 0. The van der Waals surface area contributed by atoms with Crippen molar-refractivity contribution in [2.75, 3.05) is 0 Å². The SMILES string of the molecule is C[C@@H](N[C@H]1CC[C@H](c2ccc(CCC(=O)O)cc2)C1)c1ccc(F)c2ccccc12. The second-order valence-corrected chi connectivity index (χ2v) is 8.41. The smallest absolute Gasteiger partial charge is 0.303 e. The monoisotopic (exact) mass is 405 g/mol. The van der Waals surface area contributed by atoms with E-state index < -0.39 is 5.97 Å². The van der Waals surface area contributed by atoms with Gasteiger partial charge in [-0.05, 0) is 66.7 Å². The van der Waals surface area contributed by atoms with E-state index in [1.807, 2.05) is 30.3 Å². The van der Waals surface area contributed by atoms with E-state index in [-0.39, 0.29) is 18.3 Å². The van der Waals surface area contributed by atoms with Crippen LogP contribution < -0.4 is 5.32 Å². The molecule has 0 saturated heterocycles. The van der Waals surface area contributed by atoms with Gasteiger partial charge >= 0.3 is 5.97 Å². The first-order chi connectivity index (χ1) is 14.5. The first-order valence-electron chi connectivity index (χ1n) is 10.7. The molecule has 1 fully saturated rings. The Bertz CT molecular complexity index is 1030. The molecule has 3 nitrogen and oxygen atoms in total. The Morgan fingerprint density at radius 1 is 1.07 bits per heavy atom. The van der Waals surface area contributed by atoms with Gasteiger partial charge in [-0.15, -0.1) is 0 Å². The molecule has 4 heteroatoms. The summed E-state index contributed by atoms with van der Waals surface area (Å²) in [6.07, 6.45) is 4.09. The zero-order chi connectivity index (χ0) is 21.1. The Morgan fingerprint density at radius 3 is 2.53 bits per heavy atom. The number of halogens is 1. The molecule has 3 aromatic carbocycles. The van der Waals surface area contributed by atoms with Crippen molar-refractivity contribution in [3.8, 4) is 0 Å². The van der Waals surface area contributed by atoms with Crippen LogP contribution in [0.4, 0.5) is 4.39 Å². The minimum absolute atomic E-state index is 0.151. The van der Waals surface area contributed by atoms with Gasteiger partial charge < -0.3 is 10.4 Å². The first-order valence-corrected chi connectivity index (χ1v) is 10.7. The molecule has 1 saturated carbocycles. The van der Waals surface area contributed by atoms with Crippen molar-refractivity contribution in [3.63, 3.8) is 0 Å². The number of aliphatic carboxylic acids is 1. The van der Waals surface area contributed by atoms with Crippen molar-refractivity contribution in [1.82, 2.24) is 5.32 Å². The molecule has 30 heavy (non-hydrogen) atoms. The summed E-state index contributed by atoms with van der Waals surface area (Å²) in [4.78, 5) is 10.7. The third-order valence-electron chi connectivity index (χ3n) is 6.37. The molecule has 0 unspecified atom stereocenters. The molecule has 1 aliphatic carbocycles. The molecular formula is C26H28FNO2. The molecule has 0 aliphatic heterocycles. The maximum Gasteiger partial charge on any atom is 0.303 e. The Balaban J connectivity index is 1.39. The van der Waals surface area contributed by atoms with Crippen molar-refractivity contribution in [2.24, 2.45) is 0 Å². The molecule has 0 heterocycles. The molecule has 4 rings (SSSR count). The van der Waals surface area contributed by atoms with E-state index in [0.717, 1.165) is 35.8 Å². The molecule has 0 amide bonds. The predicted molar refractivity (Wildman–Crippen MR) is 118 cm³/mol. The minimum atomic E-state index is -0.758. The van der Waals surface area contributed by atoms with Gasteiger partial charge in [0, 0.05) is 23.9 Å². The fraction of sp³-hybridized carbons (Fsp3) is 0.346. The van der Waals surface area contributed by atoms with Crippen LogP contribution in [-0.2, 0) is 11.2 Å². The van der Waals surface area contributed by atoms with E-state index in [4.69, 9.17) is 5.11 Å². The number of hydrogen-bond acceptors (Lipinski definition) is 2. The van der Waals surface area contributed by atoms with Gasteiger partial charge in [0.25, 0.3) is 0 Å². The fourth-order valence-corrected chi connectivity index (χ4v) is 4.75. The number of aryl methyl sites for hydroxylation is 1. The fourth-order valence-electron chi connectivity index (χ4n) is 4.75. The first kappa shape index (κ1) is 20.5. The third-order valence-corrected chi connectivity index (χ3v) is 6.37. The molecule has 2 N–H and O–H groups in total. The molecule has 156 valence electrons. The molecule has 1 aliphatic rings. The van der Waals surface area contributed by atoms with Gasteiger partial charge in [0.05, 0.1) is 0 Å². The highest BCUT2D eigenvalue weighted by Crippen LogP contribution is 2.36. The highest BCUT2D eigenvalue weighted by molar-refractivity contribution is 5.86. The van der Waals surface area contributed by atoms with Gasteiger partial charge in [-0.3, -0.25) is 4.79 Å². The van der Waals surface area contributed by atoms with Crippen LogP contribution in [0.15, 0.2) is 60.7 Å². The van der Waals surface area contributed by atoms with Crippen molar-refractivity contribution < 1.29 is 14.3 Å². The van der Waals surface area contributed by atoms with Crippen molar-refractivity contribution in [1.29, 1.82) is 0 Å². The Labute approximate surface area is 176 Å². The van der Waals surface area contributed by atoms with Crippen LogP contribution in [0.1, 0.15) is 61.3 Å². The third kappa shape index (κ3) is 4.54. The largest absolute Gasteiger partial charge is 0.481 e. The zero-order valence-electron chi connectivity index (χ0n) is 17.3. The van der Waals surface area contributed by atoms with Gasteiger partial charge in [-0.2, -0.15) is 0 Å². The van der Waals surface area contributed by atoms with E-state index in [1.165, 1.54) is 5.56 Å². The number of benzene rings is 3. The summed E-state index contributed by atoms with van der Waals surface area (Å²) in [6.45, 7) is 2.16. The number of carboxylic acid groups (broad SMARTS) is 1. The number of nitrogens with one attached hydrogen (secondary N) is 1. The summed E-state index contributed by atoms with van der Waals surface area (Å²) in [5, 5.41) is 14.2. The Hall–Kier alpha value is -2.72. The standard InChI is InChI=1S/C26H28FNO2/c1-17(22-13-14-25(27)24-5-3-2-4-23(22)24)28-21-12-11-20(16-21)19-9-6-18(7-10-19)8-15-26(29)30/h2-7,9-10,13-14,17,20-21,28H,8,11-12,15-16H2,1H3,(H,29,30)/t17-,20+,21+/m1/s1. The van der Waals surface area contributed by atoms with Gasteiger partial charge in [-0.25, -0.2) is 4.39 Å². The van der Waals surface area contributed by atoms with E-state index >= 15 is 0 Å². The van der Waals surface area contributed by atoms with Gasteiger partial charge in [0.1, 0.15) is 5.82 Å². The van der Waals surface area contributed by atoms with Crippen LogP contribution in [0.25, 0.3) is 10.8 Å². The van der Waals surface area contributed by atoms with Gasteiger partial charge in [0.15, 0.2) is 0 Å². The zero-order valence-corrected chi connectivity index (χ0v) is 17.3. The Morgan fingerprint density at radius 2 is 1.80 bits per heavy atom. The molecule has 3 aromatic rings. The van der Waals surface area contributed by atoms with Crippen LogP contribution in [0.2, 0.25) is 0 Å². The normalized spacial score (nSPS) is 19.8. The summed E-state index contributed by atoms with van der Waals surface area (Å²) >= 11 is 0. The van der Waals surface area contributed by atoms with E-state index in [9.17, 15) is 9.18 Å². The lowest BCUT2D eigenvalue weighted by Crippen LogP contribution is -2.29. The van der Waals surface area contributed by atoms with Crippen LogP contribution in [0.3, 0.4) is 0 Å². The number of hydrogen-bond donors (Lipinski definition) is 2.